The number of carbonyl (C=O) groups excluding carboxylic acids is 3. The van der Waals surface area contributed by atoms with E-state index in [9.17, 15) is 14.4 Å². The van der Waals surface area contributed by atoms with Crippen molar-refractivity contribution in [2.45, 2.75) is 24.7 Å². The van der Waals surface area contributed by atoms with E-state index in [0.29, 0.717) is 17.0 Å². The molecule has 3 aliphatic rings. The van der Waals surface area contributed by atoms with Crippen molar-refractivity contribution in [2.24, 2.45) is 0 Å². The van der Waals surface area contributed by atoms with Crippen LogP contribution in [0.2, 0.25) is 0 Å². The quantitative estimate of drug-likeness (QED) is 0.145. The van der Waals surface area contributed by atoms with Crippen LogP contribution in [0.1, 0.15) is 52.5 Å². The molecule has 1 N–H and O–H groups in total. The summed E-state index contributed by atoms with van der Waals surface area (Å²) >= 11 is 0. The molecule has 0 spiro atoms. The van der Waals surface area contributed by atoms with Gasteiger partial charge in [0.2, 0.25) is 0 Å². The summed E-state index contributed by atoms with van der Waals surface area (Å²) in [7, 11) is 0. The minimum Gasteiger partial charge on any atom is -0.489 e. The monoisotopic (exact) mass is 595 g/mol. The summed E-state index contributed by atoms with van der Waals surface area (Å²) in [5, 5.41) is 2.41. The van der Waals surface area contributed by atoms with Crippen molar-refractivity contribution >= 4 is 35.3 Å². The van der Waals surface area contributed by atoms with Gasteiger partial charge in [0.05, 0.1) is 5.69 Å². The standard InChI is InChI=1S/C38H33N3O4/c1-2-21-45-34-16-10-9-15-27(34)22-33-36(42)39-38(44)41(37(33)43)28-23-31-29(25-11-5-3-6-12-25)17-19-40-20-18-30(32(24-28)35(31)40)26-13-7-4-8-14-26/h2-16,22-24,29-30H,1,17-21H2,(H,39,42,44)/b33-22+/t29-,30-/m1/s1. The Hall–Kier alpha value is -5.43. The van der Waals surface area contributed by atoms with Crippen LogP contribution < -0.4 is 19.9 Å². The Bertz CT molecular complexity index is 1760. The lowest BCUT2D eigenvalue weighted by Crippen LogP contribution is -2.54. The number of para-hydroxylation sites is 1. The van der Waals surface area contributed by atoms with Crippen molar-refractivity contribution in [1.82, 2.24) is 5.32 Å². The van der Waals surface area contributed by atoms with E-state index in [0.717, 1.165) is 42.0 Å². The minimum atomic E-state index is -0.763. The number of nitrogens with one attached hydrogen (secondary N) is 1. The number of benzene rings is 4. The van der Waals surface area contributed by atoms with Crippen LogP contribution in [0.15, 0.2) is 115 Å². The van der Waals surface area contributed by atoms with Crippen molar-refractivity contribution in [3.63, 3.8) is 0 Å². The van der Waals surface area contributed by atoms with Gasteiger partial charge in [0, 0.05) is 36.2 Å². The number of carbonyl (C=O) groups is 3. The molecule has 0 unspecified atom stereocenters. The summed E-state index contributed by atoms with van der Waals surface area (Å²) in [5.41, 5.74) is 6.61. The Morgan fingerprint density at radius 2 is 1.38 bits per heavy atom. The van der Waals surface area contributed by atoms with Crippen LogP contribution in [0.4, 0.5) is 16.2 Å². The van der Waals surface area contributed by atoms with Crippen LogP contribution in [-0.4, -0.2) is 37.5 Å². The van der Waals surface area contributed by atoms with E-state index in [-0.39, 0.29) is 24.0 Å². The van der Waals surface area contributed by atoms with Crippen LogP contribution in [0.25, 0.3) is 6.08 Å². The molecule has 45 heavy (non-hydrogen) atoms. The fourth-order valence-corrected chi connectivity index (χ4v) is 6.90. The van der Waals surface area contributed by atoms with Gasteiger partial charge in [0.25, 0.3) is 11.8 Å². The molecular formula is C38H33N3O4. The highest BCUT2D eigenvalue weighted by molar-refractivity contribution is 6.39. The first kappa shape index (κ1) is 28.3. The van der Waals surface area contributed by atoms with Crippen LogP contribution in [0, 0.1) is 0 Å². The molecule has 1 saturated heterocycles. The zero-order valence-corrected chi connectivity index (χ0v) is 24.8. The summed E-state index contributed by atoms with van der Waals surface area (Å²) < 4.78 is 5.76. The van der Waals surface area contributed by atoms with E-state index in [1.165, 1.54) is 22.9 Å². The SMILES string of the molecule is C=CCOc1ccccc1/C=C1\C(=O)NC(=O)N(c2cc3c4c(c2)[C@@H](c2ccccc2)CCN4CC[C@@H]3c2ccccc2)C1=O. The molecule has 2 atom stereocenters. The van der Waals surface area contributed by atoms with E-state index < -0.39 is 17.8 Å². The normalized spacial score (nSPS) is 20.1. The zero-order chi connectivity index (χ0) is 30.9. The Balaban J connectivity index is 1.37. The highest BCUT2D eigenvalue weighted by Gasteiger charge is 2.40. The molecule has 0 aromatic heterocycles. The summed E-state index contributed by atoms with van der Waals surface area (Å²) in [4.78, 5) is 44.2. The molecule has 0 aliphatic carbocycles. The number of imide groups is 2. The molecule has 0 bridgehead atoms. The van der Waals surface area contributed by atoms with Gasteiger partial charge in [-0.2, -0.15) is 0 Å². The fraction of sp³-hybridized carbons (Fsp3) is 0.184. The molecule has 224 valence electrons. The molecule has 4 aromatic carbocycles. The number of rotatable bonds is 7. The first-order chi connectivity index (χ1) is 22.0. The van der Waals surface area contributed by atoms with Gasteiger partial charge in [-0.1, -0.05) is 91.5 Å². The van der Waals surface area contributed by atoms with Crippen molar-refractivity contribution in [1.29, 1.82) is 0 Å². The Morgan fingerprint density at radius 3 is 1.98 bits per heavy atom. The number of urea groups is 1. The lowest BCUT2D eigenvalue weighted by Gasteiger charge is -2.44. The summed E-state index contributed by atoms with van der Waals surface area (Å²) in [6, 6.07) is 31.1. The number of ether oxygens (including phenoxy) is 1. The molecule has 4 amide bonds. The molecule has 3 heterocycles. The largest absolute Gasteiger partial charge is 0.489 e. The van der Waals surface area contributed by atoms with E-state index in [1.54, 1.807) is 24.3 Å². The Kier molecular flexibility index (Phi) is 7.51. The third-order valence-electron chi connectivity index (χ3n) is 8.94. The van der Waals surface area contributed by atoms with Crippen molar-refractivity contribution in [3.8, 4) is 5.75 Å². The van der Waals surface area contributed by atoms with Gasteiger partial charge in [-0.25, -0.2) is 9.69 Å². The van der Waals surface area contributed by atoms with Crippen LogP contribution in [0.5, 0.6) is 5.75 Å². The summed E-state index contributed by atoms with van der Waals surface area (Å²) in [6.45, 7) is 5.82. The molecule has 0 radical (unpaired) electrons. The smallest absolute Gasteiger partial charge is 0.335 e. The molecule has 7 rings (SSSR count). The number of nitrogens with zero attached hydrogens (tertiary/aromatic N) is 2. The van der Waals surface area contributed by atoms with Gasteiger partial charge in [-0.3, -0.25) is 14.9 Å². The van der Waals surface area contributed by atoms with E-state index in [4.69, 9.17) is 4.74 Å². The van der Waals surface area contributed by atoms with Crippen LogP contribution >= 0.6 is 0 Å². The predicted octanol–water partition coefficient (Wildman–Crippen LogP) is 6.80. The number of barbiturate groups is 1. The summed E-state index contributed by atoms with van der Waals surface area (Å²) in [5.74, 6) is -0.720. The van der Waals surface area contributed by atoms with Gasteiger partial charge < -0.3 is 9.64 Å². The molecule has 4 aromatic rings. The first-order valence-corrected chi connectivity index (χ1v) is 15.3. The van der Waals surface area contributed by atoms with Gasteiger partial charge in [0.1, 0.15) is 17.9 Å². The Morgan fingerprint density at radius 1 is 0.800 bits per heavy atom. The molecule has 3 aliphatic heterocycles. The highest BCUT2D eigenvalue weighted by Crippen LogP contribution is 2.50. The number of hydrogen-bond donors (Lipinski definition) is 1. The number of anilines is 2. The second kappa shape index (κ2) is 11.9. The maximum atomic E-state index is 14.1. The van der Waals surface area contributed by atoms with Gasteiger partial charge in [0.15, 0.2) is 0 Å². The second-order valence-electron chi connectivity index (χ2n) is 11.6. The third-order valence-corrected chi connectivity index (χ3v) is 8.94. The topological polar surface area (TPSA) is 79.0 Å². The van der Waals surface area contributed by atoms with E-state index >= 15 is 0 Å². The average molecular weight is 596 g/mol. The van der Waals surface area contributed by atoms with Gasteiger partial charge in [-0.05, 0) is 59.4 Å². The fourth-order valence-electron chi connectivity index (χ4n) is 6.90. The van der Waals surface area contributed by atoms with Crippen molar-refractivity contribution in [3.05, 3.63) is 143 Å². The highest BCUT2D eigenvalue weighted by atomic mass is 16.5. The lowest BCUT2D eigenvalue weighted by molar-refractivity contribution is -0.122. The molecule has 7 heteroatoms. The van der Waals surface area contributed by atoms with Gasteiger partial charge in [-0.15, -0.1) is 0 Å². The van der Waals surface area contributed by atoms with Crippen LogP contribution in [-0.2, 0) is 9.59 Å². The number of amides is 4. The van der Waals surface area contributed by atoms with Crippen LogP contribution in [0.3, 0.4) is 0 Å². The van der Waals surface area contributed by atoms with Crippen molar-refractivity contribution in [2.75, 3.05) is 29.5 Å². The minimum absolute atomic E-state index is 0.0964. The summed E-state index contributed by atoms with van der Waals surface area (Å²) in [6.07, 6.45) is 4.94. The average Bonchev–Trinajstić information content (AvgIpc) is 3.07. The maximum absolute atomic E-state index is 14.1. The van der Waals surface area contributed by atoms with E-state index in [1.807, 2.05) is 54.6 Å². The molecule has 0 saturated carbocycles. The maximum Gasteiger partial charge on any atom is 0.335 e. The van der Waals surface area contributed by atoms with E-state index in [2.05, 4.69) is 41.1 Å². The Labute approximate surface area is 262 Å². The first-order valence-electron chi connectivity index (χ1n) is 15.3. The van der Waals surface area contributed by atoms with Gasteiger partial charge >= 0.3 is 6.03 Å². The zero-order valence-electron chi connectivity index (χ0n) is 24.8. The predicted molar refractivity (Wildman–Crippen MR) is 176 cm³/mol. The third kappa shape index (κ3) is 5.20. The molecule has 1 fully saturated rings. The molecule has 7 nitrogen and oxygen atoms in total. The lowest BCUT2D eigenvalue weighted by atomic mass is 9.76. The van der Waals surface area contributed by atoms with Crippen molar-refractivity contribution < 1.29 is 19.1 Å². The number of hydrogen-bond acceptors (Lipinski definition) is 5. The second-order valence-corrected chi connectivity index (χ2v) is 11.6. The molecular weight excluding hydrogens is 562 g/mol.